The van der Waals surface area contributed by atoms with Gasteiger partial charge in [-0.05, 0) is 193 Å². The Labute approximate surface area is 662 Å². The molecular formula is C81H98N20O13. The van der Waals surface area contributed by atoms with Gasteiger partial charge in [0.1, 0.15) is 70.2 Å². The first-order valence-electron chi connectivity index (χ1n) is 38.4. The summed E-state index contributed by atoms with van der Waals surface area (Å²) in [4.78, 5) is 152. The molecule has 12 heterocycles. The number of hydrogen-bond donors (Lipinski definition) is 4. The van der Waals surface area contributed by atoms with Crippen LogP contribution in [-0.2, 0) is 91.5 Å². The molecule has 0 aliphatic carbocycles. The van der Waals surface area contributed by atoms with Gasteiger partial charge in [-0.2, -0.15) is 15.8 Å². The average Bonchev–Trinajstić information content (AvgIpc) is 0.799. The lowest BCUT2D eigenvalue weighted by Gasteiger charge is -2.31. The maximum atomic E-state index is 13.3. The van der Waals surface area contributed by atoms with Gasteiger partial charge in [0.25, 0.3) is 0 Å². The van der Waals surface area contributed by atoms with Gasteiger partial charge in [-0.3, -0.25) is 64.3 Å². The Bertz CT molecular complexity index is 4650. The minimum absolute atomic E-state index is 0.00502. The van der Waals surface area contributed by atoms with Gasteiger partial charge in [-0.1, -0.05) is 0 Å². The molecule has 6 aromatic heterocycles. The first kappa shape index (κ1) is 84.8. The molecular weight excluding hydrogens is 1460 g/mol. The number of methoxy groups -OCH3 is 3. The van der Waals surface area contributed by atoms with Gasteiger partial charge in [0.05, 0.1) is 47.9 Å². The number of fused-ring (bicyclic) bond motifs is 3. The van der Waals surface area contributed by atoms with E-state index in [0.717, 1.165) is 111 Å². The summed E-state index contributed by atoms with van der Waals surface area (Å²) in [5, 5.41) is 39.8. The monoisotopic (exact) mass is 1560 g/mol. The van der Waals surface area contributed by atoms with Crippen molar-refractivity contribution in [2.24, 2.45) is 5.92 Å². The van der Waals surface area contributed by atoms with Gasteiger partial charge in [-0.15, -0.1) is 0 Å². The minimum atomic E-state index is -0.421. The molecule has 4 N–H and O–H groups in total. The van der Waals surface area contributed by atoms with Crippen molar-refractivity contribution < 1.29 is 62.1 Å². The highest BCUT2D eigenvalue weighted by Crippen LogP contribution is 2.33. The predicted octanol–water partition coefficient (Wildman–Crippen LogP) is 7.54. The van der Waals surface area contributed by atoms with Gasteiger partial charge < -0.3 is 39.0 Å². The van der Waals surface area contributed by atoms with Gasteiger partial charge in [-0.25, -0.2) is 44.3 Å². The first-order chi connectivity index (χ1) is 55.2. The smallest absolute Gasteiger partial charge is 0.328 e. The number of nitrogens with one attached hydrogen (secondary N) is 4. The highest BCUT2D eigenvalue weighted by Gasteiger charge is 2.35. The number of aryl methyl sites for hydroxylation is 6. The number of likely N-dealkylation sites (N-methyl/N-ethyl adjacent to an activating group) is 3. The molecule has 33 nitrogen and oxygen atoms in total. The first-order valence-corrected chi connectivity index (χ1v) is 38.4. The molecule has 3 fully saturated rings. The molecule has 0 saturated carbocycles. The average molecular weight is 1560 g/mol. The number of aldehydes is 3. The van der Waals surface area contributed by atoms with Crippen molar-refractivity contribution in [1.29, 1.82) is 15.8 Å². The quantitative estimate of drug-likeness (QED) is 0.0285. The van der Waals surface area contributed by atoms with Crippen molar-refractivity contribution in [2.75, 3.05) is 146 Å². The number of rotatable bonds is 27. The van der Waals surface area contributed by atoms with E-state index in [1.54, 1.807) is 75.4 Å². The number of anilines is 6. The number of carbonyl (C=O) groups is 9. The Kier molecular flexibility index (Phi) is 30.7. The molecule has 6 aliphatic heterocycles. The number of hydrogen-bond acceptors (Lipinski definition) is 24. The SMILES string of the molecule is COCCCc1cc(NC(=O)N2CCCc3cc(CN(C)C(=O)C4COC4)c(C=O)nc32)ncc1C#N.COCCCc1cc(NC(=O)N2CCCc3cc(CN(C)C(=O)[C@@H]4CCCN4)c(C=O)nc32)ncc1C#N.COCCCc1cc(NC(=O)N2CCCc3cc(CN(C)C(=O)[C@@H]4CCCN4C)c(C=O)nc32)ncc1C#N. The van der Waals surface area contributed by atoms with Crippen LogP contribution in [0.25, 0.3) is 0 Å². The van der Waals surface area contributed by atoms with E-state index >= 15 is 0 Å². The summed E-state index contributed by atoms with van der Waals surface area (Å²) >= 11 is 0. The summed E-state index contributed by atoms with van der Waals surface area (Å²) in [7, 11) is 12.0. The third-order valence-corrected chi connectivity index (χ3v) is 20.8. The molecule has 114 heavy (non-hydrogen) atoms. The number of nitrogens with zero attached hydrogens (tertiary/aromatic N) is 16. The molecule has 600 valence electrons. The number of carbonyl (C=O) groups excluding carboxylic acids is 9. The number of aromatic nitrogens is 6. The molecule has 9 amide bonds. The van der Waals surface area contributed by atoms with E-state index in [1.165, 1.54) is 33.3 Å². The number of amides is 9. The molecule has 0 unspecified atom stereocenters. The van der Waals surface area contributed by atoms with E-state index in [2.05, 4.69) is 74.3 Å². The summed E-state index contributed by atoms with van der Waals surface area (Å²) in [6, 6.07) is 15.6. The topological polar surface area (TPSA) is 410 Å². The Morgan fingerprint density at radius 2 is 0.877 bits per heavy atom. The molecule has 6 aliphatic rings. The molecule has 33 heteroatoms. The second kappa shape index (κ2) is 41.2. The lowest BCUT2D eigenvalue weighted by Crippen LogP contribution is -2.43. The van der Waals surface area contributed by atoms with Gasteiger partial charge in [0.15, 0.2) is 18.9 Å². The van der Waals surface area contributed by atoms with Gasteiger partial charge in [0.2, 0.25) is 17.7 Å². The summed E-state index contributed by atoms with van der Waals surface area (Å²) in [6.07, 6.45) is 18.3. The lowest BCUT2D eigenvalue weighted by molar-refractivity contribution is -0.149. The fourth-order valence-electron chi connectivity index (χ4n) is 14.7. The number of likely N-dealkylation sites (tertiary alicyclic amines) is 1. The standard InChI is InChI=1S/C28H35N7O4.C27H33N7O4.C26H30N6O5/c1-33-10-5-9-24(33)27(37)34(2)17-21-13-20-7-4-11-35(26(20)31-23(21)18-36)28(38)32-25-14-19(8-6-12-39-3)22(15-29)16-30-25;1-33(26(36)22-8-3-9-29-22)16-20-12-19-6-4-10-34(25(19)31-23(20)17-35)27(37)32-24-13-18(7-5-11-38-2)21(14-28)15-30-24;1-31(25(34)21-15-37-16-21)13-19-9-18-5-3-7-32(24(18)29-22(19)14-33)26(35)30-23-10-17(6-4-8-36-2)20(11-27)12-28-23/h13-14,16,18,24H,4-12,17H2,1-3H3,(H,30,32,38);12-13,15,17,22,29H,3-11,16H2,1-2H3,(H,30,32,37);9-10,12,14,21H,3-8,13,15-16H2,1-2H3,(H,28,30,35)/t24-;22-;/m00./s1. The van der Waals surface area contributed by atoms with Crippen LogP contribution in [0, 0.1) is 39.9 Å². The Balaban J connectivity index is 0.000000181. The normalized spacial score (nSPS) is 16.1. The maximum Gasteiger partial charge on any atom is 0.328 e. The van der Waals surface area contributed by atoms with Crippen LogP contribution in [0.2, 0.25) is 0 Å². The van der Waals surface area contributed by atoms with Crippen molar-refractivity contribution in [2.45, 2.75) is 134 Å². The fraction of sp³-hybridized carbons (Fsp3) is 0.481. The predicted molar refractivity (Wildman–Crippen MR) is 421 cm³/mol. The summed E-state index contributed by atoms with van der Waals surface area (Å²) < 4.78 is 20.4. The van der Waals surface area contributed by atoms with E-state index in [4.69, 9.17) is 18.9 Å². The number of pyridine rings is 6. The molecule has 0 aromatic carbocycles. The van der Waals surface area contributed by atoms with Crippen molar-refractivity contribution in [3.05, 3.63) is 139 Å². The zero-order chi connectivity index (χ0) is 81.4. The second-order valence-electron chi connectivity index (χ2n) is 28.9. The molecule has 3 saturated heterocycles. The highest BCUT2D eigenvalue weighted by atomic mass is 16.5. The van der Waals surface area contributed by atoms with Crippen LogP contribution in [0.4, 0.5) is 49.3 Å². The van der Waals surface area contributed by atoms with Crippen LogP contribution in [0.3, 0.4) is 0 Å². The zero-order valence-corrected chi connectivity index (χ0v) is 65.6. The Hall–Kier alpha value is -11.6. The zero-order valence-electron chi connectivity index (χ0n) is 65.6. The molecule has 0 radical (unpaired) electrons. The highest BCUT2D eigenvalue weighted by molar-refractivity contribution is 6.03. The van der Waals surface area contributed by atoms with E-state index in [9.17, 15) is 58.9 Å². The number of urea groups is 3. The Morgan fingerprint density at radius 3 is 1.18 bits per heavy atom. The molecule has 0 bridgehead atoms. The van der Waals surface area contributed by atoms with Crippen LogP contribution in [0.1, 0.15) is 162 Å². The minimum Gasteiger partial charge on any atom is -0.385 e. The third-order valence-electron chi connectivity index (χ3n) is 20.8. The van der Waals surface area contributed by atoms with Gasteiger partial charge in [0, 0.05) is 137 Å². The van der Waals surface area contributed by atoms with Crippen LogP contribution in [-0.4, -0.2) is 232 Å². The molecule has 0 spiro atoms. The largest absolute Gasteiger partial charge is 0.385 e. The third kappa shape index (κ3) is 21.4. The van der Waals surface area contributed by atoms with Crippen molar-refractivity contribution in [1.82, 2.24) is 54.8 Å². The van der Waals surface area contributed by atoms with Crippen LogP contribution in [0.5, 0.6) is 0 Å². The summed E-state index contributed by atoms with van der Waals surface area (Å²) in [5.41, 5.74) is 8.83. The second-order valence-corrected chi connectivity index (χ2v) is 28.9. The van der Waals surface area contributed by atoms with E-state index in [1.807, 2.05) is 25.2 Å². The fourth-order valence-corrected chi connectivity index (χ4v) is 14.7. The van der Waals surface area contributed by atoms with Crippen molar-refractivity contribution in [3.63, 3.8) is 0 Å². The lowest BCUT2D eigenvalue weighted by atomic mass is 10.0. The number of nitriles is 3. The maximum absolute atomic E-state index is 13.3. The Morgan fingerprint density at radius 1 is 0.509 bits per heavy atom. The van der Waals surface area contributed by atoms with Crippen molar-refractivity contribution in [3.8, 4) is 18.2 Å². The molecule has 12 rings (SSSR count). The van der Waals surface area contributed by atoms with Crippen LogP contribution >= 0.6 is 0 Å². The van der Waals surface area contributed by atoms with Crippen LogP contribution < -0.4 is 36.0 Å². The van der Waals surface area contributed by atoms with E-state index in [-0.39, 0.29) is 72.4 Å². The summed E-state index contributed by atoms with van der Waals surface area (Å²) in [6.45, 7) is 6.33. The van der Waals surface area contributed by atoms with Crippen molar-refractivity contribution >= 4 is 89.6 Å². The van der Waals surface area contributed by atoms with E-state index < -0.39 is 18.1 Å². The van der Waals surface area contributed by atoms with E-state index in [0.29, 0.717) is 178 Å². The number of ether oxygens (including phenoxy) is 4. The van der Waals surface area contributed by atoms with Crippen LogP contribution in [0.15, 0.2) is 55.0 Å². The summed E-state index contributed by atoms with van der Waals surface area (Å²) in [5.74, 6) is 2.13. The van der Waals surface area contributed by atoms with Gasteiger partial charge >= 0.3 is 18.1 Å². The molecule has 2 atom stereocenters. The molecule has 6 aromatic rings.